The summed E-state index contributed by atoms with van der Waals surface area (Å²) in [5, 5.41) is 10.2. The Kier molecular flexibility index (Phi) is 5.91. The van der Waals surface area contributed by atoms with Crippen molar-refractivity contribution >= 4 is 52.8 Å². The summed E-state index contributed by atoms with van der Waals surface area (Å²) in [5.74, 6) is -1.35. The Bertz CT molecular complexity index is 1520. The number of phenolic OH excluding ortho intramolecular Hbond substituents is 1. The van der Waals surface area contributed by atoms with E-state index >= 15 is 0 Å². The summed E-state index contributed by atoms with van der Waals surface area (Å²) in [4.78, 5) is -21.5. The molecule has 2 nitrogen and oxygen atoms in total. The Morgan fingerprint density at radius 2 is 0.930 bits per heavy atom. The number of halogens is 20. The van der Waals surface area contributed by atoms with E-state index in [1.807, 2.05) is 0 Å². The minimum Gasteiger partial charge on any atom is -0.507 e. The Balaban J connectivity index is 3.64. The van der Waals surface area contributed by atoms with E-state index in [-0.39, 0.29) is 0 Å². The van der Waals surface area contributed by atoms with E-state index in [9.17, 15) is 82.8 Å². The second-order valence-electron chi connectivity index (χ2n) is 10.0. The van der Waals surface area contributed by atoms with Crippen molar-refractivity contribution in [2.75, 3.05) is 0 Å². The smallest absolute Gasteiger partial charge is 0.313 e. The van der Waals surface area contributed by atoms with Crippen LogP contribution in [0.25, 0.3) is 0 Å². The van der Waals surface area contributed by atoms with Crippen molar-refractivity contribution in [1.82, 2.24) is 0 Å². The summed E-state index contributed by atoms with van der Waals surface area (Å²) in [6.07, 6.45) is -0.926. The molecular formula is C17H15F20NOS4. The molecule has 43 heavy (non-hydrogen) atoms. The second-order valence-corrected chi connectivity index (χ2v) is 19.5. The first-order valence-electron chi connectivity index (χ1n) is 9.97. The fraction of sp³-hybridized carbons (Fsp3) is 0.235. The average molecular weight is 758 g/mol. The van der Waals surface area contributed by atoms with Gasteiger partial charge < -0.3 is 5.11 Å². The topological polar surface area (TPSA) is 32.6 Å². The highest BCUT2D eigenvalue weighted by Crippen LogP contribution is 3.15. The van der Waals surface area contributed by atoms with Crippen molar-refractivity contribution in [3.8, 4) is 5.75 Å². The Morgan fingerprint density at radius 1 is 0.581 bits per heavy atom. The number of aliphatic imine (C=N–C) groups is 1. The summed E-state index contributed by atoms with van der Waals surface area (Å²) in [7, 11) is -52.0. The maximum atomic E-state index is 13.8. The minimum atomic E-state index is -13.0. The Hall–Kier alpha value is -2.09. The van der Waals surface area contributed by atoms with Crippen molar-refractivity contribution < 1.29 is 82.8 Å². The van der Waals surface area contributed by atoms with Gasteiger partial charge in [-0.25, -0.2) is 0 Å². The molecule has 0 atom stereocenters. The zero-order chi connectivity index (χ0) is 35.0. The summed E-state index contributed by atoms with van der Waals surface area (Å²) < 4.78 is 273. The quantitative estimate of drug-likeness (QED) is 0.231. The van der Waals surface area contributed by atoms with Crippen molar-refractivity contribution in [3.05, 3.63) is 35.4 Å². The van der Waals surface area contributed by atoms with Crippen LogP contribution in [0.15, 0.2) is 48.8 Å². The van der Waals surface area contributed by atoms with Gasteiger partial charge in [0.05, 0.1) is 0 Å². The molecule has 0 amide bonds. The normalized spacial score (nSPS) is 21.0. The molecule has 0 aliphatic rings. The molecular weight excluding hydrogens is 742 g/mol. The summed E-state index contributed by atoms with van der Waals surface area (Å²) in [6.45, 7) is 3.71. The number of rotatable bonds is 6. The molecule has 0 bridgehead atoms. The number of phenols is 1. The standard InChI is InChI=1S/C17H15F20NOS4/c1-17(2,3)10-6-4-5-9(14(10)39)8-38-13-15(42(28,29,30,31)32)11(40(18,19,20,21)22)7-12(41(23,24,25,26)27)16(13)43(33,34,35,36)37/h4-8,39H,1-3H3. The van der Waals surface area contributed by atoms with Gasteiger partial charge in [-0.2, -0.15) is 0 Å². The molecule has 0 unspecified atom stereocenters. The van der Waals surface area contributed by atoms with Gasteiger partial charge in [-0.3, -0.25) is 4.99 Å². The van der Waals surface area contributed by atoms with Crippen LogP contribution in [0, 0.1) is 0 Å². The van der Waals surface area contributed by atoms with Crippen LogP contribution in [0.5, 0.6) is 5.75 Å². The highest BCUT2D eigenvalue weighted by atomic mass is 32.5. The first-order valence-corrected chi connectivity index (χ1v) is 17.8. The van der Waals surface area contributed by atoms with Gasteiger partial charge in [0.1, 0.15) is 21.2 Å². The molecule has 2 aromatic carbocycles. The molecule has 0 fully saturated rings. The summed E-state index contributed by atoms with van der Waals surface area (Å²) in [6, 6.07) is -1.50. The van der Waals surface area contributed by atoms with Crippen molar-refractivity contribution in [2.45, 2.75) is 45.8 Å². The van der Waals surface area contributed by atoms with Crippen molar-refractivity contribution in [3.63, 3.8) is 0 Å². The lowest BCUT2D eigenvalue weighted by Crippen LogP contribution is -2.22. The van der Waals surface area contributed by atoms with Crippen LogP contribution >= 0.6 is 40.9 Å². The van der Waals surface area contributed by atoms with Crippen LogP contribution in [0.2, 0.25) is 0 Å². The molecule has 0 spiro atoms. The molecule has 258 valence electrons. The minimum absolute atomic E-state index is 0.326. The van der Waals surface area contributed by atoms with E-state index in [0.717, 1.165) is 6.07 Å². The lowest BCUT2D eigenvalue weighted by Gasteiger charge is -2.52. The number of nitrogens with zero attached hydrogens (tertiary/aromatic N) is 1. The zero-order valence-electron chi connectivity index (χ0n) is 20.5. The number of para-hydroxylation sites is 1. The number of hydrogen-bond acceptors (Lipinski definition) is 2. The molecule has 0 radical (unpaired) electrons. The molecule has 0 heterocycles. The molecule has 1 N–H and O–H groups in total. The Morgan fingerprint density at radius 3 is 1.21 bits per heavy atom. The van der Waals surface area contributed by atoms with Crippen LogP contribution in [0.4, 0.5) is 83.4 Å². The van der Waals surface area contributed by atoms with Gasteiger partial charge >= 0.3 is 40.9 Å². The van der Waals surface area contributed by atoms with E-state index in [1.54, 1.807) is 4.99 Å². The lowest BCUT2D eigenvalue weighted by molar-refractivity contribution is 0.323. The Labute approximate surface area is 227 Å². The molecule has 2 rings (SSSR count). The summed E-state index contributed by atoms with van der Waals surface area (Å²) in [5.41, 5.74) is -8.06. The molecule has 0 aliphatic heterocycles. The molecule has 0 aromatic heterocycles. The van der Waals surface area contributed by atoms with E-state index < -0.39 is 101 Å². The molecule has 2 aromatic rings. The van der Waals surface area contributed by atoms with E-state index in [0.29, 0.717) is 12.1 Å². The highest BCUT2D eigenvalue weighted by Gasteiger charge is 2.82. The fourth-order valence-electron chi connectivity index (χ4n) is 3.43. The highest BCUT2D eigenvalue weighted by molar-refractivity contribution is 8.49. The van der Waals surface area contributed by atoms with E-state index in [4.69, 9.17) is 0 Å². The second kappa shape index (κ2) is 6.85. The average Bonchev–Trinajstić information content (AvgIpc) is 2.57. The first kappa shape index (κ1) is 37.1. The lowest BCUT2D eigenvalue weighted by atomic mass is 9.85. The van der Waals surface area contributed by atoms with Crippen molar-refractivity contribution in [1.29, 1.82) is 0 Å². The van der Waals surface area contributed by atoms with Gasteiger partial charge in [0.25, 0.3) is 0 Å². The maximum absolute atomic E-state index is 13.8. The van der Waals surface area contributed by atoms with E-state index in [1.165, 1.54) is 20.8 Å². The van der Waals surface area contributed by atoms with Crippen LogP contribution < -0.4 is 0 Å². The largest absolute Gasteiger partial charge is 0.507 e. The van der Waals surface area contributed by atoms with Crippen LogP contribution in [0.1, 0.15) is 31.9 Å². The first-order chi connectivity index (χ1) is 17.4. The molecule has 0 saturated heterocycles. The van der Waals surface area contributed by atoms with Crippen LogP contribution in [-0.4, -0.2) is 11.3 Å². The third-order valence-electron chi connectivity index (χ3n) is 4.95. The monoisotopic (exact) mass is 757 g/mol. The predicted octanol–water partition coefficient (Wildman–Crippen LogP) is 15.1. The number of hydrogen-bond donors (Lipinski definition) is 1. The third kappa shape index (κ3) is 8.34. The van der Waals surface area contributed by atoms with Crippen LogP contribution in [0.3, 0.4) is 0 Å². The number of benzene rings is 2. The van der Waals surface area contributed by atoms with Gasteiger partial charge in [-0.1, -0.05) is 111 Å². The molecule has 26 heteroatoms. The molecule has 0 aliphatic carbocycles. The maximum Gasteiger partial charge on any atom is 0.313 e. The van der Waals surface area contributed by atoms with Gasteiger partial charge in [-0.05, 0) is 23.1 Å². The van der Waals surface area contributed by atoms with Gasteiger partial charge in [0, 0.05) is 11.8 Å². The third-order valence-corrected chi connectivity index (χ3v) is 9.88. The van der Waals surface area contributed by atoms with Gasteiger partial charge in [-0.15, -0.1) is 0 Å². The molecule has 0 saturated carbocycles. The fourth-order valence-corrected chi connectivity index (χ4v) is 8.95. The summed E-state index contributed by atoms with van der Waals surface area (Å²) >= 11 is 0. The van der Waals surface area contributed by atoms with Crippen LogP contribution in [-0.2, 0) is 5.41 Å². The zero-order valence-corrected chi connectivity index (χ0v) is 23.7. The van der Waals surface area contributed by atoms with Gasteiger partial charge in [0.15, 0.2) is 9.79 Å². The van der Waals surface area contributed by atoms with Gasteiger partial charge in [0.2, 0.25) is 0 Å². The number of aromatic hydroxyl groups is 1. The predicted molar refractivity (Wildman–Crippen MR) is 126 cm³/mol. The van der Waals surface area contributed by atoms with Crippen molar-refractivity contribution in [2.24, 2.45) is 4.99 Å². The van der Waals surface area contributed by atoms with E-state index in [2.05, 4.69) is 0 Å². The SMILES string of the molecule is CC(C)(C)c1cccc(C=Nc2c(S(F)(F)(F)(F)F)c(S(F)(F)(F)(F)F)cc(S(F)(F)(F)(F)F)c2S(F)(F)(F)(F)F)c1O.